The zero-order valence-electron chi connectivity index (χ0n) is 17.5. The van der Waals surface area contributed by atoms with Gasteiger partial charge in [0.25, 0.3) is 23.6 Å². The maximum atomic E-state index is 10.7. The van der Waals surface area contributed by atoms with E-state index >= 15 is 0 Å². The Kier molecular flexibility index (Phi) is 15.6. The van der Waals surface area contributed by atoms with E-state index in [4.69, 9.17) is 5.21 Å². The third-order valence-corrected chi connectivity index (χ3v) is 3.12. The quantitative estimate of drug-likeness (QED) is 0.376. The third-order valence-electron chi connectivity index (χ3n) is 3.12. The van der Waals surface area contributed by atoms with Gasteiger partial charge in [-0.25, -0.2) is 4.79 Å². The van der Waals surface area contributed by atoms with E-state index in [0.29, 0.717) is 5.06 Å². The average molecular weight is 448 g/mol. The molecule has 0 fully saturated rings. The second-order valence-corrected chi connectivity index (χ2v) is 5.83. The molecule has 0 unspecified atom stereocenters. The summed E-state index contributed by atoms with van der Waals surface area (Å²) >= 11 is 4.64. The van der Waals surface area contributed by atoms with Crippen LogP contribution in [0.2, 0.25) is 0 Å². The van der Waals surface area contributed by atoms with Crippen molar-refractivity contribution >= 4 is 46.4 Å². The molecule has 2 heterocycles. The van der Waals surface area contributed by atoms with Crippen LogP contribution >= 0.6 is 11.6 Å². The summed E-state index contributed by atoms with van der Waals surface area (Å²) in [6, 6.07) is 0. The fraction of sp³-hybridized carbons (Fsp3) is 0.444. The Morgan fingerprint density at radius 3 is 1.33 bits per heavy atom. The summed E-state index contributed by atoms with van der Waals surface area (Å²) < 4.78 is 0. The van der Waals surface area contributed by atoms with E-state index in [1.165, 1.54) is 26.6 Å². The minimum absolute atomic E-state index is 0.0556. The molecular formula is C18H26ClN3O8. The fourth-order valence-corrected chi connectivity index (χ4v) is 1.67. The Hall–Kier alpha value is -2.89. The predicted octanol–water partition coefficient (Wildman–Crippen LogP) is 0.810. The predicted molar refractivity (Wildman–Crippen MR) is 106 cm³/mol. The number of carbonyl (C=O) groups excluding carboxylic acids is 6. The first-order chi connectivity index (χ1) is 13.9. The third kappa shape index (κ3) is 13.3. The second-order valence-electron chi connectivity index (χ2n) is 5.30. The minimum atomic E-state index is -0.699. The van der Waals surface area contributed by atoms with Crippen molar-refractivity contribution in [2.24, 2.45) is 0 Å². The molecule has 0 aromatic heterocycles. The van der Waals surface area contributed by atoms with Gasteiger partial charge < -0.3 is 9.74 Å². The highest BCUT2D eigenvalue weighted by Gasteiger charge is 2.26. The molecule has 2 rings (SSSR count). The largest absolute Gasteiger partial charge is 0.330 e. The number of rotatable bonds is 4. The first-order valence-corrected chi connectivity index (χ1v) is 9.16. The Labute approximate surface area is 179 Å². The first kappa shape index (κ1) is 29.3. The summed E-state index contributed by atoms with van der Waals surface area (Å²) in [7, 11) is 0. The minimum Gasteiger partial charge on any atom is -0.330 e. The van der Waals surface area contributed by atoms with Crippen molar-refractivity contribution in [3.8, 4) is 0 Å². The zero-order valence-corrected chi connectivity index (χ0v) is 18.2. The maximum Gasteiger partial charge on any atom is 0.330 e. The van der Waals surface area contributed by atoms with E-state index in [0.717, 1.165) is 31.2 Å². The summed E-state index contributed by atoms with van der Waals surface area (Å²) in [6.07, 6.45) is 4.07. The number of hydroxylamine groups is 4. The molecule has 11 nitrogen and oxygen atoms in total. The molecule has 12 heteroatoms. The van der Waals surface area contributed by atoms with Crippen LogP contribution in [0.3, 0.4) is 0 Å². The molecule has 0 saturated carbocycles. The highest BCUT2D eigenvalue weighted by Crippen LogP contribution is 2.03. The van der Waals surface area contributed by atoms with E-state index in [9.17, 15) is 28.8 Å². The summed E-state index contributed by atoms with van der Waals surface area (Å²) in [5.74, 6) is -3.34. The van der Waals surface area contributed by atoms with Crippen LogP contribution in [0.1, 0.15) is 34.6 Å². The number of imide groups is 2. The van der Waals surface area contributed by atoms with Crippen molar-refractivity contribution < 1.29 is 38.8 Å². The number of amides is 4. The molecule has 2 aliphatic heterocycles. The van der Waals surface area contributed by atoms with Crippen molar-refractivity contribution in [1.29, 1.82) is 0 Å². The lowest BCUT2D eigenvalue weighted by Crippen LogP contribution is -2.31. The maximum absolute atomic E-state index is 10.7. The average Bonchev–Trinajstić information content (AvgIpc) is 3.13. The zero-order chi connectivity index (χ0) is 23.9. The Balaban J connectivity index is 0. The van der Waals surface area contributed by atoms with Gasteiger partial charge in [-0.2, -0.15) is 0 Å². The monoisotopic (exact) mass is 447 g/mol. The molecule has 0 saturated heterocycles. The van der Waals surface area contributed by atoms with E-state index in [1.54, 1.807) is 0 Å². The van der Waals surface area contributed by atoms with Gasteiger partial charge in [0, 0.05) is 38.2 Å². The Morgan fingerprint density at radius 1 is 0.867 bits per heavy atom. The summed E-state index contributed by atoms with van der Waals surface area (Å²) in [5, 5.41) is 8.44. The van der Waals surface area contributed by atoms with Gasteiger partial charge in [0.1, 0.15) is 0 Å². The van der Waals surface area contributed by atoms with Gasteiger partial charge in [-0.15, -0.1) is 5.06 Å². The van der Waals surface area contributed by atoms with Crippen LogP contribution in [-0.4, -0.2) is 74.7 Å². The van der Waals surface area contributed by atoms with E-state index in [2.05, 4.69) is 42.1 Å². The lowest BCUT2D eigenvalue weighted by atomic mass is 10.5. The number of carbonyl (C=O) groups is 6. The lowest BCUT2D eigenvalue weighted by Gasteiger charge is -2.13. The van der Waals surface area contributed by atoms with Crippen molar-refractivity contribution in [1.82, 2.24) is 15.0 Å². The fourth-order valence-electron chi connectivity index (χ4n) is 1.67. The summed E-state index contributed by atoms with van der Waals surface area (Å²) in [5.41, 5.74) is 0. The Bertz CT molecular complexity index is 656. The molecule has 0 aromatic rings. The smallest absolute Gasteiger partial charge is 0.330 e. The molecule has 0 atom stereocenters. The van der Waals surface area contributed by atoms with Crippen molar-refractivity contribution in [3.05, 3.63) is 24.3 Å². The molecule has 0 radical (unpaired) electrons. The van der Waals surface area contributed by atoms with Crippen LogP contribution in [-0.2, 0) is 33.6 Å². The molecule has 0 spiro atoms. The normalized spacial score (nSPS) is 14.0. The van der Waals surface area contributed by atoms with Gasteiger partial charge >= 0.3 is 5.97 Å². The van der Waals surface area contributed by atoms with Crippen molar-refractivity contribution in [2.45, 2.75) is 34.6 Å². The number of hydrogen-bond acceptors (Lipinski definition) is 9. The summed E-state index contributed by atoms with van der Waals surface area (Å²) in [6.45, 7) is 12.5. The van der Waals surface area contributed by atoms with Gasteiger partial charge in [-0.1, -0.05) is 25.8 Å². The van der Waals surface area contributed by atoms with Gasteiger partial charge in [-0.05, 0) is 31.2 Å². The molecule has 0 aromatic carbocycles. The van der Waals surface area contributed by atoms with Crippen LogP contribution in [0.5, 0.6) is 0 Å². The van der Waals surface area contributed by atoms with Crippen molar-refractivity contribution in [2.75, 3.05) is 19.6 Å². The van der Waals surface area contributed by atoms with Gasteiger partial charge in [0.2, 0.25) is 5.24 Å². The molecule has 0 aliphatic carbocycles. The Morgan fingerprint density at radius 2 is 1.17 bits per heavy atom. The molecule has 168 valence electrons. The topological polar surface area (TPSA) is 142 Å². The number of hydrogen-bond donors (Lipinski definition) is 1. The van der Waals surface area contributed by atoms with Crippen LogP contribution in [0.25, 0.3) is 0 Å². The van der Waals surface area contributed by atoms with E-state index < -0.39 is 29.6 Å². The SMILES string of the molecule is CC(=O)Cl.CC(=O)ON1C(=O)C=CC1=O.CCN(CC)CC.O=C1C=CC(=O)N1O. The molecule has 1 N–H and O–H groups in total. The van der Waals surface area contributed by atoms with Crippen LogP contribution in [0, 0.1) is 0 Å². The highest BCUT2D eigenvalue weighted by atomic mass is 35.5. The molecule has 4 amide bonds. The van der Waals surface area contributed by atoms with Gasteiger partial charge in [0.15, 0.2) is 0 Å². The van der Waals surface area contributed by atoms with Gasteiger partial charge in [0.05, 0.1) is 0 Å². The molecule has 30 heavy (non-hydrogen) atoms. The van der Waals surface area contributed by atoms with Crippen LogP contribution in [0.15, 0.2) is 24.3 Å². The summed E-state index contributed by atoms with van der Waals surface area (Å²) in [4.78, 5) is 67.8. The molecule has 0 bridgehead atoms. The standard InChI is InChI=1S/C6H5NO4.C6H15N.C4H3NO3.C2H3ClO/c1-4(8)11-7-5(9)2-3-6(7)10;1-4-7(5-2)6-3;6-3-1-2-4(7)5(3)8;1-2(3)4/h2-3H,1H3;4-6H2,1-3H3;1-2,8H;1H3. The van der Waals surface area contributed by atoms with E-state index in [-0.39, 0.29) is 10.3 Å². The van der Waals surface area contributed by atoms with Crippen LogP contribution < -0.4 is 0 Å². The lowest BCUT2D eigenvalue weighted by molar-refractivity contribution is -0.194. The van der Waals surface area contributed by atoms with Crippen molar-refractivity contribution in [3.63, 3.8) is 0 Å². The number of halogens is 1. The number of nitrogens with zero attached hydrogens (tertiary/aromatic N) is 3. The second kappa shape index (κ2) is 16.0. The molecule has 2 aliphatic rings. The highest BCUT2D eigenvalue weighted by molar-refractivity contribution is 6.62. The first-order valence-electron chi connectivity index (χ1n) is 8.79. The van der Waals surface area contributed by atoms with E-state index in [1.807, 2.05) is 0 Å². The molecular weight excluding hydrogens is 422 g/mol. The van der Waals surface area contributed by atoms with Gasteiger partial charge in [-0.3, -0.25) is 29.2 Å². The van der Waals surface area contributed by atoms with Crippen LogP contribution in [0.4, 0.5) is 0 Å².